The van der Waals surface area contributed by atoms with Gasteiger partial charge in [0.1, 0.15) is 0 Å². The number of aromatic nitrogens is 2. The predicted molar refractivity (Wildman–Crippen MR) is 70.6 cm³/mol. The second kappa shape index (κ2) is 5.23. The van der Waals surface area contributed by atoms with Crippen LogP contribution < -0.4 is 10.3 Å². The summed E-state index contributed by atoms with van der Waals surface area (Å²) in [6.45, 7) is 3.72. The highest BCUT2D eigenvalue weighted by molar-refractivity contribution is 6.31. The van der Waals surface area contributed by atoms with Gasteiger partial charge in [-0.15, -0.1) is 0 Å². The second-order valence-corrected chi connectivity index (χ2v) is 4.42. The smallest absolute Gasteiger partial charge is 0.294 e. The van der Waals surface area contributed by atoms with Crippen molar-refractivity contribution < 1.29 is 4.74 Å². The minimum atomic E-state index is -0.388. The molecule has 1 aromatic carbocycles. The number of halogens is 1. The molecule has 0 aliphatic heterocycles. The number of nitrogens with zero attached hydrogens (tertiary/aromatic N) is 2. The van der Waals surface area contributed by atoms with E-state index in [1.54, 1.807) is 12.1 Å². The quantitative estimate of drug-likeness (QED) is 0.856. The summed E-state index contributed by atoms with van der Waals surface area (Å²) in [4.78, 5) is 12.1. The van der Waals surface area contributed by atoms with Crippen LogP contribution in [0.5, 0.6) is 5.75 Å². The maximum Gasteiger partial charge on any atom is 0.294 e. The molecule has 0 aliphatic carbocycles. The molecular weight excluding hydrogens is 252 g/mol. The Bertz CT molecular complexity index is 594. The van der Waals surface area contributed by atoms with Gasteiger partial charge in [0.25, 0.3) is 5.56 Å². The fraction of sp³-hybridized carbons (Fsp3) is 0.231. The Morgan fingerprint density at radius 3 is 2.56 bits per heavy atom. The van der Waals surface area contributed by atoms with Crippen LogP contribution in [0.4, 0.5) is 0 Å². The van der Waals surface area contributed by atoms with Crippen LogP contribution in [0.15, 0.2) is 41.3 Å². The third-order valence-corrected chi connectivity index (χ3v) is 2.60. The topological polar surface area (TPSA) is 44.1 Å². The first kappa shape index (κ1) is 12.6. The summed E-state index contributed by atoms with van der Waals surface area (Å²) < 4.78 is 6.65. The van der Waals surface area contributed by atoms with Crippen LogP contribution in [0.25, 0.3) is 5.69 Å². The first-order valence-electron chi connectivity index (χ1n) is 5.59. The maximum absolute atomic E-state index is 12.1. The van der Waals surface area contributed by atoms with Gasteiger partial charge < -0.3 is 4.74 Å². The number of hydrogen-bond acceptors (Lipinski definition) is 3. The summed E-state index contributed by atoms with van der Waals surface area (Å²) in [6.07, 6.45) is 1.40. The van der Waals surface area contributed by atoms with E-state index in [2.05, 4.69) is 5.10 Å². The Kier molecular flexibility index (Phi) is 3.67. The Morgan fingerprint density at radius 2 is 1.94 bits per heavy atom. The Hall–Kier alpha value is -1.81. The molecule has 2 aromatic rings. The minimum Gasteiger partial charge on any atom is -0.488 e. The molecule has 94 valence electrons. The second-order valence-electron chi connectivity index (χ2n) is 4.04. The van der Waals surface area contributed by atoms with Crippen LogP contribution in [0.1, 0.15) is 13.8 Å². The van der Waals surface area contributed by atoms with Gasteiger partial charge >= 0.3 is 0 Å². The van der Waals surface area contributed by atoms with Crippen molar-refractivity contribution in [3.8, 4) is 11.4 Å². The Labute approximate surface area is 110 Å². The van der Waals surface area contributed by atoms with E-state index in [0.717, 1.165) is 0 Å². The zero-order valence-electron chi connectivity index (χ0n) is 10.1. The molecule has 0 atom stereocenters. The van der Waals surface area contributed by atoms with Crippen molar-refractivity contribution in [2.24, 2.45) is 0 Å². The normalized spacial score (nSPS) is 10.7. The fourth-order valence-electron chi connectivity index (χ4n) is 1.51. The van der Waals surface area contributed by atoms with Crippen LogP contribution in [0.2, 0.25) is 5.02 Å². The molecule has 1 aromatic heterocycles. The molecule has 0 N–H and O–H groups in total. The summed E-state index contributed by atoms with van der Waals surface area (Å²) in [5.74, 6) is 0.309. The average molecular weight is 265 g/mol. The fourth-order valence-corrected chi connectivity index (χ4v) is 1.68. The number of ether oxygens (including phenoxy) is 1. The molecule has 0 saturated heterocycles. The lowest BCUT2D eigenvalue weighted by atomic mass is 10.3. The summed E-state index contributed by atoms with van der Waals surface area (Å²) >= 11 is 5.99. The Balaban J connectivity index is 2.48. The van der Waals surface area contributed by atoms with Gasteiger partial charge in [0, 0.05) is 0 Å². The molecule has 2 rings (SSSR count). The zero-order valence-corrected chi connectivity index (χ0v) is 10.9. The lowest BCUT2D eigenvalue weighted by Crippen LogP contribution is -2.22. The van der Waals surface area contributed by atoms with Crippen molar-refractivity contribution >= 4 is 11.6 Å². The van der Waals surface area contributed by atoms with E-state index in [-0.39, 0.29) is 16.7 Å². The van der Waals surface area contributed by atoms with Gasteiger partial charge in [-0.2, -0.15) is 9.78 Å². The molecule has 18 heavy (non-hydrogen) atoms. The summed E-state index contributed by atoms with van der Waals surface area (Å²) in [7, 11) is 0. The van der Waals surface area contributed by atoms with Crippen molar-refractivity contribution in [3.63, 3.8) is 0 Å². The largest absolute Gasteiger partial charge is 0.488 e. The van der Waals surface area contributed by atoms with Crippen molar-refractivity contribution in [1.82, 2.24) is 9.78 Å². The van der Waals surface area contributed by atoms with Crippen LogP contribution in [0, 0.1) is 0 Å². The van der Waals surface area contributed by atoms with E-state index in [1.165, 1.54) is 10.9 Å². The van der Waals surface area contributed by atoms with E-state index in [0.29, 0.717) is 11.4 Å². The van der Waals surface area contributed by atoms with Gasteiger partial charge in [-0.1, -0.05) is 29.8 Å². The van der Waals surface area contributed by atoms with Crippen molar-refractivity contribution in [3.05, 3.63) is 51.9 Å². The summed E-state index contributed by atoms with van der Waals surface area (Å²) in [5, 5.41) is 4.10. The van der Waals surface area contributed by atoms with Gasteiger partial charge in [0.05, 0.1) is 18.0 Å². The molecule has 5 heteroatoms. The van der Waals surface area contributed by atoms with E-state index in [4.69, 9.17) is 16.3 Å². The van der Waals surface area contributed by atoms with Crippen molar-refractivity contribution in [1.29, 1.82) is 0 Å². The summed E-state index contributed by atoms with van der Waals surface area (Å²) in [5.41, 5.74) is 0.279. The highest BCUT2D eigenvalue weighted by Crippen LogP contribution is 2.20. The molecule has 4 nitrogen and oxygen atoms in total. The molecule has 0 bridgehead atoms. The van der Waals surface area contributed by atoms with E-state index >= 15 is 0 Å². The third-order valence-electron chi connectivity index (χ3n) is 2.25. The highest BCUT2D eigenvalue weighted by Gasteiger charge is 2.12. The lowest BCUT2D eigenvalue weighted by molar-refractivity contribution is 0.240. The maximum atomic E-state index is 12.1. The zero-order chi connectivity index (χ0) is 13.1. The molecule has 1 heterocycles. The van der Waals surface area contributed by atoms with Crippen molar-refractivity contribution in [2.45, 2.75) is 20.0 Å². The Morgan fingerprint density at radius 1 is 1.28 bits per heavy atom. The van der Waals surface area contributed by atoms with Gasteiger partial charge in [-0.3, -0.25) is 4.79 Å². The molecule has 0 spiro atoms. The first-order chi connectivity index (χ1) is 8.59. The third kappa shape index (κ3) is 2.54. The number of hydrogen-bond donors (Lipinski definition) is 0. The van der Waals surface area contributed by atoms with E-state index in [1.807, 2.05) is 32.0 Å². The molecule has 0 fully saturated rings. The number of rotatable bonds is 3. The highest BCUT2D eigenvalue weighted by atomic mass is 35.5. The first-order valence-corrected chi connectivity index (χ1v) is 5.97. The van der Waals surface area contributed by atoms with Gasteiger partial charge in [0.2, 0.25) is 0 Å². The lowest BCUT2D eigenvalue weighted by Gasteiger charge is -2.11. The SMILES string of the molecule is CC(C)Oc1cnn(-c2ccccc2)c(=O)c1Cl. The van der Waals surface area contributed by atoms with Crippen molar-refractivity contribution in [2.75, 3.05) is 0 Å². The monoisotopic (exact) mass is 264 g/mol. The number of para-hydroxylation sites is 1. The predicted octanol–water partition coefficient (Wildman–Crippen LogP) is 2.67. The molecule has 0 aliphatic rings. The summed E-state index contributed by atoms with van der Waals surface area (Å²) in [6, 6.07) is 9.10. The number of benzene rings is 1. The minimum absolute atomic E-state index is 0.0440. The van der Waals surface area contributed by atoms with E-state index < -0.39 is 0 Å². The average Bonchev–Trinajstić information content (AvgIpc) is 2.36. The standard InChI is InChI=1S/C13H13ClN2O2/c1-9(2)18-11-8-15-16(13(17)12(11)14)10-6-4-3-5-7-10/h3-9H,1-2H3. The van der Waals surface area contributed by atoms with Gasteiger partial charge in [-0.05, 0) is 26.0 Å². The molecule has 0 unspecified atom stereocenters. The van der Waals surface area contributed by atoms with Crippen LogP contribution >= 0.6 is 11.6 Å². The molecular formula is C13H13ClN2O2. The molecule has 0 saturated carbocycles. The van der Waals surface area contributed by atoms with Crippen LogP contribution in [-0.4, -0.2) is 15.9 Å². The molecule has 0 radical (unpaired) electrons. The van der Waals surface area contributed by atoms with Crippen LogP contribution in [0.3, 0.4) is 0 Å². The van der Waals surface area contributed by atoms with Gasteiger partial charge in [0.15, 0.2) is 10.8 Å². The molecule has 0 amide bonds. The van der Waals surface area contributed by atoms with E-state index in [9.17, 15) is 4.79 Å². The van der Waals surface area contributed by atoms with Gasteiger partial charge in [-0.25, -0.2) is 0 Å². The van der Waals surface area contributed by atoms with Crippen LogP contribution in [-0.2, 0) is 0 Å².